The van der Waals surface area contributed by atoms with Crippen LogP contribution in [-0.4, -0.2) is 5.91 Å². The number of carbonyl (C=O) groups excluding carboxylic acids is 1. The molecule has 0 aromatic rings. The van der Waals surface area contributed by atoms with Crippen molar-refractivity contribution in [1.82, 2.24) is 0 Å². The summed E-state index contributed by atoms with van der Waals surface area (Å²) in [6.07, 6.45) is 2.57. The van der Waals surface area contributed by atoms with Crippen LogP contribution in [-0.2, 0) is 4.79 Å². The maximum Gasteiger partial charge on any atom is 0.217 e. The molecule has 72 valence electrons. The first-order valence-corrected chi connectivity index (χ1v) is 4.66. The van der Waals surface area contributed by atoms with Crippen LogP contribution in [0.15, 0.2) is 0 Å². The van der Waals surface area contributed by atoms with Gasteiger partial charge in [-0.1, -0.05) is 34.1 Å². The largest absolute Gasteiger partial charge is 0.370 e. The molecule has 12 heavy (non-hydrogen) atoms. The summed E-state index contributed by atoms with van der Waals surface area (Å²) in [7, 11) is 0. The van der Waals surface area contributed by atoms with Crippen LogP contribution in [0.3, 0.4) is 0 Å². The summed E-state index contributed by atoms with van der Waals surface area (Å²) in [4.78, 5) is 10.6. The van der Waals surface area contributed by atoms with Gasteiger partial charge in [-0.3, -0.25) is 4.79 Å². The van der Waals surface area contributed by atoms with Crippen molar-refractivity contribution in [2.24, 2.45) is 17.1 Å². The minimum Gasteiger partial charge on any atom is -0.370 e. The summed E-state index contributed by atoms with van der Waals surface area (Å²) in [6.45, 7) is 8.80. The lowest BCUT2D eigenvalue weighted by molar-refractivity contribution is -0.118. The topological polar surface area (TPSA) is 43.1 Å². The number of nitrogens with two attached hydrogens (primary N) is 1. The molecule has 0 aliphatic heterocycles. The molecule has 0 fully saturated rings. The van der Waals surface area contributed by atoms with Gasteiger partial charge in [0.25, 0.3) is 0 Å². The highest BCUT2D eigenvalue weighted by Crippen LogP contribution is 2.31. The molecular formula is C10H21NO. The summed E-state index contributed by atoms with van der Waals surface area (Å²) in [5.41, 5.74) is 5.40. The van der Waals surface area contributed by atoms with Gasteiger partial charge in [0.2, 0.25) is 5.91 Å². The Balaban J connectivity index is 3.92. The minimum absolute atomic E-state index is 0.183. The summed E-state index contributed by atoms with van der Waals surface area (Å²) in [6, 6.07) is 0. The zero-order chi connectivity index (χ0) is 9.78. The monoisotopic (exact) mass is 171 g/mol. The van der Waals surface area contributed by atoms with E-state index in [0.717, 1.165) is 12.8 Å². The van der Waals surface area contributed by atoms with E-state index in [1.807, 2.05) is 0 Å². The molecule has 0 aliphatic carbocycles. The molecule has 0 aromatic carbocycles. The second kappa shape index (κ2) is 4.48. The second-order valence-electron chi connectivity index (χ2n) is 4.48. The molecule has 0 heterocycles. The summed E-state index contributed by atoms with van der Waals surface area (Å²) < 4.78 is 0. The van der Waals surface area contributed by atoms with Crippen LogP contribution >= 0.6 is 0 Å². The van der Waals surface area contributed by atoms with Crippen LogP contribution in [0.4, 0.5) is 0 Å². The van der Waals surface area contributed by atoms with Crippen LogP contribution in [0.2, 0.25) is 0 Å². The highest BCUT2D eigenvalue weighted by atomic mass is 16.1. The quantitative estimate of drug-likeness (QED) is 0.693. The van der Waals surface area contributed by atoms with Crippen molar-refractivity contribution in [2.45, 2.75) is 47.0 Å². The van der Waals surface area contributed by atoms with Crippen molar-refractivity contribution in [3.05, 3.63) is 0 Å². The normalized spacial score (nSPS) is 14.3. The van der Waals surface area contributed by atoms with Gasteiger partial charge in [0.15, 0.2) is 0 Å². The molecule has 0 spiro atoms. The van der Waals surface area contributed by atoms with E-state index in [1.54, 1.807) is 0 Å². The van der Waals surface area contributed by atoms with Crippen molar-refractivity contribution in [3.63, 3.8) is 0 Å². The lowest BCUT2D eigenvalue weighted by Crippen LogP contribution is -2.22. The Morgan fingerprint density at radius 2 is 1.92 bits per heavy atom. The molecule has 1 amide bonds. The molecular weight excluding hydrogens is 150 g/mol. The summed E-state index contributed by atoms with van der Waals surface area (Å²) >= 11 is 0. The second-order valence-corrected chi connectivity index (χ2v) is 4.48. The molecule has 0 saturated heterocycles. The van der Waals surface area contributed by atoms with E-state index >= 15 is 0 Å². The predicted molar refractivity (Wildman–Crippen MR) is 51.7 cm³/mol. The van der Waals surface area contributed by atoms with Gasteiger partial charge in [-0.25, -0.2) is 0 Å². The minimum atomic E-state index is -0.183. The first kappa shape index (κ1) is 11.5. The first-order chi connectivity index (χ1) is 5.38. The smallest absolute Gasteiger partial charge is 0.217 e. The SMILES string of the molecule is CCC(CCC(N)=O)C(C)(C)C. The molecule has 0 aliphatic rings. The van der Waals surface area contributed by atoms with Crippen LogP contribution in [0.5, 0.6) is 0 Å². The van der Waals surface area contributed by atoms with Crippen molar-refractivity contribution in [1.29, 1.82) is 0 Å². The van der Waals surface area contributed by atoms with Crippen LogP contribution in [0.1, 0.15) is 47.0 Å². The van der Waals surface area contributed by atoms with Gasteiger partial charge in [0.1, 0.15) is 0 Å². The highest BCUT2D eigenvalue weighted by Gasteiger charge is 2.22. The Kier molecular flexibility index (Phi) is 4.29. The van der Waals surface area contributed by atoms with E-state index in [4.69, 9.17) is 5.73 Å². The standard InChI is InChI=1S/C10H21NO/c1-5-8(10(2,3)4)6-7-9(11)12/h8H,5-7H2,1-4H3,(H2,11,12). The molecule has 1 unspecified atom stereocenters. The van der Waals surface area contributed by atoms with Gasteiger partial charge in [-0.05, 0) is 17.8 Å². The van der Waals surface area contributed by atoms with E-state index < -0.39 is 0 Å². The lowest BCUT2D eigenvalue weighted by atomic mass is 9.76. The average molecular weight is 171 g/mol. The van der Waals surface area contributed by atoms with Crippen molar-refractivity contribution < 1.29 is 4.79 Å². The Morgan fingerprint density at radius 1 is 1.42 bits per heavy atom. The van der Waals surface area contributed by atoms with Gasteiger partial charge < -0.3 is 5.73 Å². The van der Waals surface area contributed by atoms with E-state index in [1.165, 1.54) is 0 Å². The molecule has 2 heteroatoms. The zero-order valence-corrected chi connectivity index (χ0v) is 8.68. The van der Waals surface area contributed by atoms with Crippen molar-refractivity contribution in [2.75, 3.05) is 0 Å². The molecule has 0 radical (unpaired) electrons. The molecule has 0 saturated carbocycles. The van der Waals surface area contributed by atoms with Crippen LogP contribution < -0.4 is 5.73 Å². The number of rotatable bonds is 4. The number of hydrogen-bond acceptors (Lipinski definition) is 1. The number of amides is 1. The number of hydrogen-bond donors (Lipinski definition) is 1. The molecule has 0 rings (SSSR count). The summed E-state index contributed by atoms with van der Waals surface area (Å²) in [5.74, 6) is 0.419. The molecule has 2 N–H and O–H groups in total. The fourth-order valence-corrected chi connectivity index (χ4v) is 1.57. The van der Waals surface area contributed by atoms with E-state index in [-0.39, 0.29) is 5.91 Å². The third-order valence-corrected chi connectivity index (χ3v) is 2.46. The fraction of sp³-hybridized carbons (Fsp3) is 0.900. The number of primary amides is 1. The fourth-order valence-electron chi connectivity index (χ4n) is 1.57. The highest BCUT2D eigenvalue weighted by molar-refractivity contribution is 5.73. The van der Waals surface area contributed by atoms with Gasteiger partial charge in [0.05, 0.1) is 0 Å². The third-order valence-electron chi connectivity index (χ3n) is 2.46. The molecule has 2 nitrogen and oxygen atoms in total. The molecule has 0 bridgehead atoms. The van der Waals surface area contributed by atoms with E-state index in [0.29, 0.717) is 17.8 Å². The first-order valence-electron chi connectivity index (χ1n) is 4.66. The maximum absolute atomic E-state index is 10.6. The summed E-state index contributed by atoms with van der Waals surface area (Å²) in [5, 5.41) is 0. The maximum atomic E-state index is 10.6. The zero-order valence-electron chi connectivity index (χ0n) is 8.68. The van der Waals surface area contributed by atoms with Crippen LogP contribution in [0, 0.1) is 11.3 Å². The van der Waals surface area contributed by atoms with Crippen molar-refractivity contribution >= 4 is 5.91 Å². The van der Waals surface area contributed by atoms with E-state index in [9.17, 15) is 4.79 Å². The third kappa shape index (κ3) is 4.37. The predicted octanol–water partition coefficient (Wildman–Crippen LogP) is 2.32. The van der Waals surface area contributed by atoms with Gasteiger partial charge >= 0.3 is 0 Å². The van der Waals surface area contributed by atoms with Crippen LogP contribution in [0.25, 0.3) is 0 Å². The Hall–Kier alpha value is -0.530. The molecule has 0 aromatic heterocycles. The Morgan fingerprint density at radius 3 is 2.17 bits per heavy atom. The average Bonchev–Trinajstić information content (AvgIpc) is 1.85. The van der Waals surface area contributed by atoms with Gasteiger partial charge in [-0.15, -0.1) is 0 Å². The Labute approximate surface area is 75.5 Å². The molecule has 1 atom stereocenters. The van der Waals surface area contributed by atoms with E-state index in [2.05, 4.69) is 27.7 Å². The van der Waals surface area contributed by atoms with Crippen molar-refractivity contribution in [3.8, 4) is 0 Å². The van der Waals surface area contributed by atoms with Gasteiger partial charge in [0, 0.05) is 6.42 Å². The lowest BCUT2D eigenvalue weighted by Gasteiger charge is -2.29. The van der Waals surface area contributed by atoms with Gasteiger partial charge in [-0.2, -0.15) is 0 Å². The number of carbonyl (C=O) groups is 1. The Bertz CT molecular complexity index is 146.